The van der Waals surface area contributed by atoms with Crippen LogP contribution in [0.1, 0.15) is 21.0 Å². The third-order valence-electron chi connectivity index (χ3n) is 2.73. The lowest BCUT2D eigenvalue weighted by Crippen LogP contribution is -2.23. The summed E-state index contributed by atoms with van der Waals surface area (Å²) in [6.07, 6.45) is 2.50. The standard InChI is InChI=1S/C12H12N4O5S/c17-11(3-4-15-7-8(5-14-15)16(20)21)13-6-9-1-2-10(22-9)12(18)19/h1-2,5,7H,3-4,6H2,(H,13,17)(H,18,19). The second-order valence-corrected chi connectivity index (χ2v) is 5.48. The van der Waals surface area contributed by atoms with Crippen LogP contribution in [0.2, 0.25) is 0 Å². The van der Waals surface area contributed by atoms with E-state index in [4.69, 9.17) is 5.11 Å². The number of thiophene rings is 1. The molecule has 22 heavy (non-hydrogen) atoms. The fourth-order valence-electron chi connectivity index (χ4n) is 1.65. The van der Waals surface area contributed by atoms with Crippen molar-refractivity contribution in [1.82, 2.24) is 15.1 Å². The molecule has 0 aromatic carbocycles. The normalized spacial score (nSPS) is 10.4. The van der Waals surface area contributed by atoms with Gasteiger partial charge in [0.25, 0.3) is 0 Å². The van der Waals surface area contributed by atoms with Gasteiger partial charge in [0, 0.05) is 17.8 Å². The molecule has 0 aliphatic carbocycles. The van der Waals surface area contributed by atoms with Gasteiger partial charge < -0.3 is 10.4 Å². The Balaban J connectivity index is 1.77. The van der Waals surface area contributed by atoms with Gasteiger partial charge >= 0.3 is 11.7 Å². The largest absolute Gasteiger partial charge is 0.477 e. The third kappa shape index (κ3) is 4.12. The van der Waals surface area contributed by atoms with Gasteiger partial charge in [-0.2, -0.15) is 5.10 Å². The molecule has 0 aliphatic heterocycles. The second kappa shape index (κ2) is 6.80. The molecule has 0 saturated carbocycles. The van der Waals surface area contributed by atoms with Crippen LogP contribution >= 0.6 is 11.3 Å². The van der Waals surface area contributed by atoms with Crippen LogP contribution in [0.25, 0.3) is 0 Å². The molecule has 116 valence electrons. The van der Waals surface area contributed by atoms with Gasteiger partial charge in [-0.25, -0.2) is 4.79 Å². The molecule has 2 aromatic rings. The second-order valence-electron chi connectivity index (χ2n) is 4.32. The molecule has 0 unspecified atom stereocenters. The summed E-state index contributed by atoms with van der Waals surface area (Å²) in [5.41, 5.74) is -0.125. The number of aryl methyl sites for hydroxylation is 1. The SMILES string of the molecule is O=C(CCn1cc([N+](=O)[O-])cn1)NCc1ccc(C(=O)O)s1. The smallest absolute Gasteiger partial charge is 0.345 e. The number of rotatable bonds is 7. The maximum absolute atomic E-state index is 11.7. The summed E-state index contributed by atoms with van der Waals surface area (Å²) in [4.78, 5) is 33.3. The first kappa shape index (κ1) is 15.6. The van der Waals surface area contributed by atoms with Gasteiger partial charge in [0.2, 0.25) is 5.91 Å². The van der Waals surface area contributed by atoms with Crippen molar-refractivity contribution in [2.45, 2.75) is 19.5 Å². The number of carbonyl (C=O) groups excluding carboxylic acids is 1. The van der Waals surface area contributed by atoms with Crippen molar-refractivity contribution in [3.05, 3.63) is 44.4 Å². The van der Waals surface area contributed by atoms with Crippen LogP contribution < -0.4 is 5.32 Å². The van der Waals surface area contributed by atoms with Crippen molar-refractivity contribution in [3.63, 3.8) is 0 Å². The molecular formula is C12H12N4O5S. The van der Waals surface area contributed by atoms with E-state index in [-0.39, 0.29) is 36.0 Å². The van der Waals surface area contributed by atoms with Crippen molar-refractivity contribution in [3.8, 4) is 0 Å². The quantitative estimate of drug-likeness (QED) is 0.583. The molecule has 0 aliphatic rings. The first-order chi connectivity index (χ1) is 10.5. The molecular weight excluding hydrogens is 312 g/mol. The molecule has 0 radical (unpaired) electrons. The minimum absolute atomic E-state index is 0.121. The van der Waals surface area contributed by atoms with Crippen molar-refractivity contribution >= 4 is 28.9 Å². The molecule has 0 spiro atoms. The molecule has 0 bridgehead atoms. The number of carbonyl (C=O) groups is 2. The highest BCUT2D eigenvalue weighted by atomic mass is 32.1. The van der Waals surface area contributed by atoms with Gasteiger partial charge in [-0.15, -0.1) is 11.3 Å². The summed E-state index contributed by atoms with van der Waals surface area (Å²) in [5.74, 6) is -1.24. The van der Waals surface area contributed by atoms with Crippen molar-refractivity contribution in [2.24, 2.45) is 0 Å². The van der Waals surface area contributed by atoms with E-state index in [0.29, 0.717) is 0 Å². The number of carboxylic acids is 1. The summed E-state index contributed by atoms with van der Waals surface area (Å²) >= 11 is 1.10. The fraction of sp³-hybridized carbons (Fsp3) is 0.250. The lowest BCUT2D eigenvalue weighted by atomic mass is 10.3. The number of nitrogens with zero attached hydrogens (tertiary/aromatic N) is 3. The molecule has 0 fully saturated rings. The lowest BCUT2D eigenvalue weighted by molar-refractivity contribution is -0.385. The van der Waals surface area contributed by atoms with E-state index in [0.717, 1.165) is 22.4 Å². The number of amides is 1. The number of aromatic nitrogens is 2. The zero-order valence-corrected chi connectivity index (χ0v) is 12.1. The average Bonchev–Trinajstić information content (AvgIpc) is 3.12. The lowest BCUT2D eigenvalue weighted by Gasteiger charge is -2.03. The van der Waals surface area contributed by atoms with E-state index in [1.807, 2.05) is 0 Å². The maximum atomic E-state index is 11.7. The van der Waals surface area contributed by atoms with E-state index in [1.54, 1.807) is 6.07 Å². The monoisotopic (exact) mass is 324 g/mol. The molecule has 0 atom stereocenters. The van der Waals surface area contributed by atoms with Crippen LogP contribution in [0.3, 0.4) is 0 Å². The van der Waals surface area contributed by atoms with Crippen LogP contribution in [-0.2, 0) is 17.9 Å². The first-order valence-electron chi connectivity index (χ1n) is 6.21. The molecule has 1 amide bonds. The van der Waals surface area contributed by atoms with E-state index in [2.05, 4.69) is 10.4 Å². The predicted octanol–water partition coefficient (Wildman–Crippen LogP) is 1.26. The number of carboxylic acid groups (broad SMARTS) is 1. The minimum atomic E-state index is -0.997. The number of hydrogen-bond acceptors (Lipinski definition) is 6. The van der Waals surface area contributed by atoms with E-state index < -0.39 is 10.9 Å². The number of nitrogens with one attached hydrogen (secondary N) is 1. The Bertz CT molecular complexity index is 650. The third-order valence-corrected chi connectivity index (χ3v) is 3.80. The van der Waals surface area contributed by atoms with Gasteiger partial charge in [-0.3, -0.25) is 19.6 Å². The number of hydrogen-bond donors (Lipinski definition) is 2. The molecule has 2 N–H and O–H groups in total. The highest BCUT2D eigenvalue weighted by molar-refractivity contribution is 7.13. The predicted molar refractivity (Wildman–Crippen MR) is 76.6 cm³/mol. The van der Waals surface area contributed by atoms with Gasteiger partial charge in [0.05, 0.1) is 11.5 Å². The summed E-state index contributed by atoms with van der Waals surface area (Å²) in [5, 5.41) is 25.7. The highest BCUT2D eigenvalue weighted by Gasteiger charge is 2.11. The molecule has 2 heterocycles. The fourth-order valence-corrected chi connectivity index (χ4v) is 2.43. The maximum Gasteiger partial charge on any atom is 0.345 e. The Morgan fingerprint density at radius 3 is 2.82 bits per heavy atom. The molecule has 10 heteroatoms. The molecule has 9 nitrogen and oxygen atoms in total. The summed E-state index contributed by atoms with van der Waals surface area (Å²) in [6.45, 7) is 0.473. The van der Waals surface area contributed by atoms with Gasteiger partial charge in [0.1, 0.15) is 17.3 Å². The number of aromatic carboxylic acids is 1. The number of nitro groups is 1. The Morgan fingerprint density at radius 2 is 2.23 bits per heavy atom. The van der Waals surface area contributed by atoms with Crippen molar-refractivity contribution < 1.29 is 19.6 Å². The Kier molecular flexibility index (Phi) is 4.84. The molecule has 2 rings (SSSR count). The Hall–Kier alpha value is -2.75. The van der Waals surface area contributed by atoms with Crippen LogP contribution in [0.4, 0.5) is 5.69 Å². The van der Waals surface area contributed by atoms with E-state index >= 15 is 0 Å². The zero-order chi connectivity index (χ0) is 16.1. The minimum Gasteiger partial charge on any atom is -0.477 e. The van der Waals surface area contributed by atoms with E-state index in [9.17, 15) is 19.7 Å². The Morgan fingerprint density at radius 1 is 1.45 bits per heavy atom. The van der Waals surface area contributed by atoms with Gasteiger partial charge in [-0.1, -0.05) is 0 Å². The van der Waals surface area contributed by atoms with Crippen LogP contribution in [0, 0.1) is 10.1 Å². The van der Waals surface area contributed by atoms with Crippen LogP contribution in [0.15, 0.2) is 24.5 Å². The summed E-state index contributed by atoms with van der Waals surface area (Å²) in [6, 6.07) is 3.13. The average molecular weight is 324 g/mol. The van der Waals surface area contributed by atoms with Crippen LogP contribution in [-0.4, -0.2) is 31.7 Å². The summed E-state index contributed by atoms with van der Waals surface area (Å²) < 4.78 is 1.32. The Labute approximate surface area is 128 Å². The van der Waals surface area contributed by atoms with E-state index in [1.165, 1.54) is 16.9 Å². The van der Waals surface area contributed by atoms with Crippen LogP contribution in [0.5, 0.6) is 0 Å². The van der Waals surface area contributed by atoms with Crippen molar-refractivity contribution in [1.29, 1.82) is 0 Å². The van der Waals surface area contributed by atoms with Crippen molar-refractivity contribution in [2.75, 3.05) is 0 Å². The van der Waals surface area contributed by atoms with Gasteiger partial charge in [0.15, 0.2) is 0 Å². The zero-order valence-electron chi connectivity index (χ0n) is 11.3. The summed E-state index contributed by atoms with van der Waals surface area (Å²) in [7, 11) is 0. The highest BCUT2D eigenvalue weighted by Crippen LogP contribution is 2.16. The first-order valence-corrected chi connectivity index (χ1v) is 7.03. The van der Waals surface area contributed by atoms with Gasteiger partial charge in [-0.05, 0) is 12.1 Å². The topological polar surface area (TPSA) is 127 Å². The molecule has 0 saturated heterocycles. The molecule has 2 aromatic heterocycles.